The Labute approximate surface area is 163 Å². The summed E-state index contributed by atoms with van der Waals surface area (Å²) in [7, 11) is 0. The van der Waals surface area contributed by atoms with Crippen molar-refractivity contribution in [3.63, 3.8) is 0 Å². The molecule has 28 heavy (non-hydrogen) atoms. The molecule has 0 aliphatic rings. The Hall–Kier alpha value is -3.23. The van der Waals surface area contributed by atoms with E-state index in [4.69, 9.17) is 0 Å². The first-order valence-corrected chi connectivity index (χ1v) is 8.84. The number of carbonyl (C=O) groups is 2. The van der Waals surface area contributed by atoms with Crippen molar-refractivity contribution in [2.24, 2.45) is 0 Å². The van der Waals surface area contributed by atoms with E-state index >= 15 is 0 Å². The number of nitro groups is 1. The van der Waals surface area contributed by atoms with Gasteiger partial charge in [-0.05, 0) is 52.3 Å². The third kappa shape index (κ3) is 5.38. The van der Waals surface area contributed by atoms with Gasteiger partial charge in [0.2, 0.25) is 5.91 Å². The number of aryl methyl sites for hydroxylation is 1. The first kappa shape index (κ1) is 21.1. The van der Waals surface area contributed by atoms with Gasteiger partial charge in [-0.15, -0.1) is 0 Å². The van der Waals surface area contributed by atoms with Crippen LogP contribution in [0.5, 0.6) is 0 Å². The zero-order chi connectivity index (χ0) is 21.1. The van der Waals surface area contributed by atoms with Crippen molar-refractivity contribution in [1.29, 1.82) is 0 Å². The minimum Gasteiger partial charge on any atom is -0.350 e. The van der Waals surface area contributed by atoms with E-state index in [1.807, 2.05) is 20.8 Å². The Bertz CT molecular complexity index is 894. The van der Waals surface area contributed by atoms with Crippen molar-refractivity contribution in [3.05, 3.63) is 56.9 Å². The number of carbonyl (C=O) groups excluding carboxylic acids is 2. The minimum atomic E-state index is -0.433. The molecule has 150 valence electrons. The van der Waals surface area contributed by atoms with Gasteiger partial charge in [0.05, 0.1) is 18.0 Å². The van der Waals surface area contributed by atoms with Crippen molar-refractivity contribution in [2.75, 3.05) is 6.54 Å². The lowest BCUT2D eigenvalue weighted by molar-refractivity contribution is -0.386. The summed E-state index contributed by atoms with van der Waals surface area (Å²) in [5, 5.41) is 20.7. The van der Waals surface area contributed by atoms with Crippen LogP contribution in [0, 0.1) is 24.0 Å². The molecule has 0 bridgehead atoms. The van der Waals surface area contributed by atoms with Crippen LogP contribution < -0.4 is 10.6 Å². The summed E-state index contributed by atoms with van der Waals surface area (Å²) in [4.78, 5) is 34.6. The number of nitrogens with one attached hydrogen (secondary N) is 2. The predicted octanol–water partition coefficient (Wildman–Crippen LogP) is 2.10. The molecule has 1 aromatic carbocycles. The van der Waals surface area contributed by atoms with Crippen LogP contribution in [0.15, 0.2) is 24.3 Å². The van der Waals surface area contributed by atoms with Crippen LogP contribution in [0.2, 0.25) is 0 Å². The summed E-state index contributed by atoms with van der Waals surface area (Å²) in [5.41, 5.74) is 1.78. The molecule has 2 rings (SSSR count). The van der Waals surface area contributed by atoms with Crippen LogP contribution in [0.4, 0.5) is 5.69 Å². The molecule has 0 radical (unpaired) electrons. The summed E-state index contributed by atoms with van der Waals surface area (Å²) < 4.78 is 1.57. The average Bonchev–Trinajstić information content (AvgIpc) is 2.85. The number of benzene rings is 1. The summed E-state index contributed by atoms with van der Waals surface area (Å²) in [6, 6.07) is 6.80. The second kappa shape index (κ2) is 8.20. The molecule has 2 N–H and O–H groups in total. The highest BCUT2D eigenvalue weighted by Gasteiger charge is 2.21. The fraction of sp³-hybridized carbons (Fsp3) is 0.421. The molecule has 0 aliphatic carbocycles. The molecule has 1 heterocycles. The molecule has 0 fully saturated rings. The van der Waals surface area contributed by atoms with Gasteiger partial charge in [0.25, 0.3) is 5.91 Å². The van der Waals surface area contributed by atoms with Crippen LogP contribution >= 0.6 is 0 Å². The van der Waals surface area contributed by atoms with Gasteiger partial charge in [-0.25, -0.2) is 0 Å². The van der Waals surface area contributed by atoms with Gasteiger partial charge in [-0.3, -0.25) is 24.4 Å². The predicted molar refractivity (Wildman–Crippen MR) is 104 cm³/mol. The molecule has 0 aliphatic heterocycles. The molecule has 0 atom stereocenters. The summed E-state index contributed by atoms with van der Waals surface area (Å²) in [5.74, 6) is -0.610. The number of hydrogen-bond acceptors (Lipinski definition) is 5. The van der Waals surface area contributed by atoms with Crippen molar-refractivity contribution in [2.45, 2.75) is 46.7 Å². The lowest BCUT2D eigenvalue weighted by atomic mass is 10.1. The maximum absolute atomic E-state index is 12.2. The Kier molecular flexibility index (Phi) is 6.17. The zero-order valence-electron chi connectivity index (χ0n) is 16.7. The third-order valence-electron chi connectivity index (χ3n) is 4.00. The van der Waals surface area contributed by atoms with Gasteiger partial charge in [0, 0.05) is 11.1 Å². The summed E-state index contributed by atoms with van der Waals surface area (Å²) in [6.45, 7) is 9.10. The first-order chi connectivity index (χ1) is 13.0. The molecule has 9 nitrogen and oxygen atoms in total. The van der Waals surface area contributed by atoms with Gasteiger partial charge in [-0.2, -0.15) is 5.10 Å². The van der Waals surface area contributed by atoms with Crippen molar-refractivity contribution >= 4 is 17.5 Å². The minimum absolute atomic E-state index is 0.0181. The van der Waals surface area contributed by atoms with E-state index in [0.29, 0.717) is 23.5 Å². The second-order valence-electron chi connectivity index (χ2n) is 7.61. The van der Waals surface area contributed by atoms with E-state index in [2.05, 4.69) is 15.7 Å². The molecule has 9 heteroatoms. The fourth-order valence-corrected chi connectivity index (χ4v) is 2.77. The maximum atomic E-state index is 12.2. The van der Waals surface area contributed by atoms with Gasteiger partial charge in [0.15, 0.2) is 0 Å². The van der Waals surface area contributed by atoms with Gasteiger partial charge in [-0.1, -0.05) is 12.1 Å². The molecule has 1 aromatic heterocycles. The van der Waals surface area contributed by atoms with Crippen LogP contribution in [-0.2, 0) is 11.3 Å². The van der Waals surface area contributed by atoms with E-state index in [0.717, 1.165) is 5.56 Å². The molecule has 2 amide bonds. The Morgan fingerprint density at radius 2 is 1.79 bits per heavy atom. The van der Waals surface area contributed by atoms with Crippen LogP contribution in [0.3, 0.4) is 0 Å². The lowest BCUT2D eigenvalue weighted by Crippen LogP contribution is -2.45. The first-order valence-electron chi connectivity index (χ1n) is 8.84. The highest BCUT2D eigenvalue weighted by Crippen LogP contribution is 2.22. The van der Waals surface area contributed by atoms with E-state index < -0.39 is 4.92 Å². The molecular weight excluding hydrogens is 362 g/mol. The largest absolute Gasteiger partial charge is 0.350 e. The van der Waals surface area contributed by atoms with E-state index in [1.165, 1.54) is 0 Å². The van der Waals surface area contributed by atoms with Crippen LogP contribution in [0.1, 0.15) is 48.1 Å². The standard InChI is InChI=1S/C19H25N5O4/c1-12-17(24(27)28)13(2)23(22-12)11-14-6-8-15(9-7-14)18(26)20-10-16(25)21-19(3,4)5/h6-9H,10-11H2,1-5H3,(H,20,26)(H,21,25). The Morgan fingerprint density at radius 1 is 1.18 bits per heavy atom. The molecular formula is C19H25N5O4. The molecule has 0 saturated carbocycles. The highest BCUT2D eigenvalue weighted by molar-refractivity contribution is 5.96. The number of rotatable bonds is 6. The lowest BCUT2D eigenvalue weighted by Gasteiger charge is -2.20. The number of hydrogen-bond donors (Lipinski definition) is 2. The fourth-order valence-electron chi connectivity index (χ4n) is 2.77. The topological polar surface area (TPSA) is 119 Å². The molecule has 0 unspecified atom stereocenters. The zero-order valence-corrected chi connectivity index (χ0v) is 16.7. The Balaban J connectivity index is 2.00. The molecule has 0 saturated heterocycles. The SMILES string of the molecule is Cc1nn(Cc2ccc(C(=O)NCC(=O)NC(C)(C)C)cc2)c(C)c1[N+](=O)[O-]. The molecule has 2 aromatic rings. The maximum Gasteiger partial charge on any atom is 0.312 e. The number of amides is 2. The van der Waals surface area contributed by atoms with Crippen LogP contribution in [-0.4, -0.2) is 38.6 Å². The van der Waals surface area contributed by atoms with Crippen molar-refractivity contribution < 1.29 is 14.5 Å². The highest BCUT2D eigenvalue weighted by atomic mass is 16.6. The molecule has 0 spiro atoms. The van der Waals surface area contributed by atoms with Gasteiger partial charge >= 0.3 is 5.69 Å². The van der Waals surface area contributed by atoms with E-state index in [9.17, 15) is 19.7 Å². The van der Waals surface area contributed by atoms with Gasteiger partial charge in [0.1, 0.15) is 11.4 Å². The normalized spacial score (nSPS) is 11.2. The quantitative estimate of drug-likeness (QED) is 0.581. The van der Waals surface area contributed by atoms with Crippen molar-refractivity contribution in [3.8, 4) is 0 Å². The average molecular weight is 387 g/mol. The third-order valence-corrected chi connectivity index (χ3v) is 4.00. The summed E-state index contributed by atoms with van der Waals surface area (Å²) in [6.07, 6.45) is 0. The smallest absolute Gasteiger partial charge is 0.312 e. The second-order valence-corrected chi connectivity index (χ2v) is 7.61. The monoisotopic (exact) mass is 387 g/mol. The van der Waals surface area contributed by atoms with E-state index in [-0.39, 0.29) is 29.6 Å². The summed E-state index contributed by atoms with van der Waals surface area (Å²) >= 11 is 0. The van der Waals surface area contributed by atoms with Gasteiger partial charge < -0.3 is 10.6 Å². The van der Waals surface area contributed by atoms with Crippen LogP contribution in [0.25, 0.3) is 0 Å². The number of nitrogens with zero attached hydrogens (tertiary/aromatic N) is 3. The van der Waals surface area contributed by atoms with E-state index in [1.54, 1.807) is 42.8 Å². The number of aromatic nitrogens is 2. The van der Waals surface area contributed by atoms with Crippen molar-refractivity contribution in [1.82, 2.24) is 20.4 Å². The Morgan fingerprint density at radius 3 is 2.29 bits per heavy atom.